The maximum Gasteiger partial charge on any atom is 0.323 e. The summed E-state index contributed by atoms with van der Waals surface area (Å²) in [5.41, 5.74) is 7.84. The number of nitrogens with one attached hydrogen (secondary N) is 1. The number of aliphatic carboxylic acids is 1. The molecule has 25 heavy (non-hydrogen) atoms. The zero-order valence-electron chi connectivity index (χ0n) is 14.1. The first kappa shape index (κ1) is 18.9. The van der Waals surface area contributed by atoms with E-state index in [0.29, 0.717) is 6.54 Å². The van der Waals surface area contributed by atoms with Crippen LogP contribution in [0.25, 0.3) is 0 Å². The van der Waals surface area contributed by atoms with E-state index in [9.17, 15) is 15.0 Å². The molecule has 0 aromatic heterocycles. The fraction of sp³-hybridized carbons (Fsp3) is 0.316. The van der Waals surface area contributed by atoms with E-state index in [1.54, 1.807) is 19.2 Å². The van der Waals surface area contributed by atoms with Crippen molar-refractivity contribution in [2.24, 2.45) is 5.73 Å². The zero-order valence-corrected chi connectivity index (χ0v) is 14.1. The van der Waals surface area contributed by atoms with Gasteiger partial charge in [-0.25, -0.2) is 0 Å². The number of hydrogen-bond acceptors (Lipinski definition) is 5. The van der Waals surface area contributed by atoms with Crippen LogP contribution in [0.5, 0.6) is 5.75 Å². The smallest absolute Gasteiger partial charge is 0.323 e. The third-order valence-electron chi connectivity index (χ3n) is 4.06. The van der Waals surface area contributed by atoms with Gasteiger partial charge in [0.2, 0.25) is 0 Å². The van der Waals surface area contributed by atoms with E-state index in [0.717, 1.165) is 16.9 Å². The molecule has 134 valence electrons. The third kappa shape index (κ3) is 5.56. The predicted molar refractivity (Wildman–Crippen MR) is 95.3 cm³/mol. The van der Waals surface area contributed by atoms with Gasteiger partial charge in [-0.2, -0.15) is 0 Å². The lowest BCUT2D eigenvalue weighted by Crippen LogP contribution is -2.46. The second-order valence-electron chi connectivity index (χ2n) is 5.87. The number of hydrogen-bond donors (Lipinski definition) is 4. The summed E-state index contributed by atoms with van der Waals surface area (Å²) >= 11 is 0. The van der Waals surface area contributed by atoms with Crippen molar-refractivity contribution in [2.45, 2.75) is 31.2 Å². The third-order valence-corrected chi connectivity index (χ3v) is 4.06. The molecule has 6 nitrogen and oxygen atoms in total. The summed E-state index contributed by atoms with van der Waals surface area (Å²) in [5.74, 6) is -0.381. The summed E-state index contributed by atoms with van der Waals surface area (Å²) in [7, 11) is 1.58. The summed E-state index contributed by atoms with van der Waals surface area (Å²) < 4.78 is 5.09. The summed E-state index contributed by atoms with van der Waals surface area (Å²) in [5, 5.41) is 22.6. The van der Waals surface area contributed by atoms with Crippen molar-refractivity contribution >= 4 is 5.97 Å². The minimum absolute atomic E-state index is 0.149. The van der Waals surface area contributed by atoms with Gasteiger partial charge < -0.3 is 20.7 Å². The normalized spacial score (nSPS) is 14.5. The van der Waals surface area contributed by atoms with Crippen LogP contribution in [-0.2, 0) is 11.3 Å². The van der Waals surface area contributed by atoms with E-state index in [2.05, 4.69) is 5.32 Å². The highest BCUT2D eigenvalue weighted by Crippen LogP contribution is 2.17. The summed E-state index contributed by atoms with van der Waals surface area (Å²) in [4.78, 5) is 11.5. The lowest BCUT2D eigenvalue weighted by Gasteiger charge is -2.23. The molecule has 2 rings (SSSR count). The van der Waals surface area contributed by atoms with Crippen LogP contribution in [0.3, 0.4) is 0 Å². The van der Waals surface area contributed by atoms with Crippen molar-refractivity contribution in [3.05, 3.63) is 65.7 Å². The molecule has 0 radical (unpaired) electrons. The minimum Gasteiger partial charge on any atom is -0.497 e. The van der Waals surface area contributed by atoms with E-state index >= 15 is 0 Å². The molecule has 0 saturated heterocycles. The van der Waals surface area contributed by atoms with Crippen molar-refractivity contribution in [3.8, 4) is 5.75 Å². The van der Waals surface area contributed by atoms with Crippen LogP contribution in [0.2, 0.25) is 0 Å². The average Bonchev–Trinajstić information content (AvgIpc) is 2.62. The number of carbonyl (C=O) groups is 1. The van der Waals surface area contributed by atoms with Crippen molar-refractivity contribution < 1.29 is 19.7 Å². The van der Waals surface area contributed by atoms with Gasteiger partial charge in [0.15, 0.2) is 0 Å². The van der Waals surface area contributed by atoms with Gasteiger partial charge in [0, 0.05) is 12.6 Å². The van der Waals surface area contributed by atoms with Crippen molar-refractivity contribution in [2.75, 3.05) is 7.11 Å². The zero-order chi connectivity index (χ0) is 18.2. The highest BCUT2D eigenvalue weighted by Gasteiger charge is 2.27. The Kier molecular flexibility index (Phi) is 6.94. The SMILES string of the molecule is COc1ccc(CNC(C(=O)O)C(O)CC(N)c2ccccc2)cc1. The highest BCUT2D eigenvalue weighted by molar-refractivity contribution is 5.74. The summed E-state index contributed by atoms with van der Waals surface area (Å²) in [6.45, 7) is 0.318. The molecule has 6 heteroatoms. The van der Waals surface area contributed by atoms with Gasteiger partial charge in [0.25, 0.3) is 0 Å². The first-order valence-electron chi connectivity index (χ1n) is 8.09. The van der Waals surface area contributed by atoms with Crippen LogP contribution < -0.4 is 15.8 Å². The Morgan fingerprint density at radius 2 is 1.80 bits per heavy atom. The fourth-order valence-corrected chi connectivity index (χ4v) is 2.59. The molecule has 0 amide bonds. The Balaban J connectivity index is 1.95. The Morgan fingerprint density at radius 3 is 2.36 bits per heavy atom. The molecule has 2 aromatic rings. The number of benzene rings is 2. The average molecular weight is 344 g/mol. The Bertz CT molecular complexity index is 661. The van der Waals surface area contributed by atoms with E-state index in [1.807, 2.05) is 42.5 Å². The molecule has 3 unspecified atom stereocenters. The number of aliphatic hydroxyl groups is 1. The van der Waals surface area contributed by atoms with Crippen LogP contribution in [0.4, 0.5) is 0 Å². The number of methoxy groups -OCH3 is 1. The highest BCUT2D eigenvalue weighted by atomic mass is 16.5. The fourth-order valence-electron chi connectivity index (χ4n) is 2.59. The first-order chi connectivity index (χ1) is 12.0. The standard InChI is InChI=1S/C19H24N2O4/c1-25-15-9-7-13(8-10-15)12-21-18(19(23)24)17(22)11-16(20)14-5-3-2-4-6-14/h2-10,16-18,21-22H,11-12,20H2,1H3,(H,23,24). The maximum absolute atomic E-state index is 11.5. The van der Waals surface area contributed by atoms with E-state index in [1.165, 1.54) is 0 Å². The predicted octanol–water partition coefficient (Wildman–Crippen LogP) is 1.69. The topological polar surface area (TPSA) is 105 Å². The number of nitrogens with two attached hydrogens (primary N) is 1. The molecule has 0 aliphatic heterocycles. The minimum atomic E-state index is -1.11. The molecule has 2 aromatic carbocycles. The molecule has 3 atom stereocenters. The van der Waals surface area contributed by atoms with Crippen LogP contribution in [0.15, 0.2) is 54.6 Å². The summed E-state index contributed by atoms with van der Waals surface area (Å²) in [6.07, 6.45) is -0.956. The lowest BCUT2D eigenvalue weighted by atomic mass is 9.97. The Hall–Kier alpha value is -2.41. The molecule has 0 saturated carbocycles. The lowest BCUT2D eigenvalue weighted by molar-refractivity contribution is -0.142. The largest absolute Gasteiger partial charge is 0.497 e. The summed E-state index contributed by atoms with van der Waals surface area (Å²) in [6, 6.07) is 15.1. The number of carboxylic acid groups (broad SMARTS) is 1. The van der Waals surface area contributed by atoms with Gasteiger partial charge in [-0.15, -0.1) is 0 Å². The van der Waals surface area contributed by atoms with Crippen LogP contribution in [-0.4, -0.2) is 35.4 Å². The van der Waals surface area contributed by atoms with E-state index < -0.39 is 24.2 Å². The van der Waals surface area contributed by atoms with Crippen molar-refractivity contribution in [1.29, 1.82) is 0 Å². The quantitative estimate of drug-likeness (QED) is 0.552. The molecule has 0 spiro atoms. The second-order valence-corrected chi connectivity index (χ2v) is 5.87. The number of aliphatic hydroxyl groups excluding tert-OH is 1. The van der Waals surface area contributed by atoms with Gasteiger partial charge in [0.1, 0.15) is 11.8 Å². The number of ether oxygens (including phenoxy) is 1. The van der Waals surface area contributed by atoms with Crippen LogP contribution >= 0.6 is 0 Å². The van der Waals surface area contributed by atoms with Gasteiger partial charge in [-0.05, 0) is 29.7 Å². The molecule has 0 heterocycles. The molecule has 0 fully saturated rings. The second kappa shape index (κ2) is 9.17. The molecule has 5 N–H and O–H groups in total. The molecule has 0 aliphatic rings. The molecule has 0 bridgehead atoms. The first-order valence-corrected chi connectivity index (χ1v) is 8.09. The molecular weight excluding hydrogens is 320 g/mol. The number of rotatable bonds is 9. The van der Waals surface area contributed by atoms with Crippen molar-refractivity contribution in [1.82, 2.24) is 5.32 Å². The van der Waals surface area contributed by atoms with Gasteiger partial charge >= 0.3 is 5.97 Å². The van der Waals surface area contributed by atoms with Crippen molar-refractivity contribution in [3.63, 3.8) is 0 Å². The number of carboxylic acids is 1. The Labute approximate surface area is 147 Å². The monoisotopic (exact) mass is 344 g/mol. The van der Waals surface area contributed by atoms with Gasteiger partial charge in [-0.1, -0.05) is 42.5 Å². The molecular formula is C19H24N2O4. The van der Waals surface area contributed by atoms with Crippen LogP contribution in [0.1, 0.15) is 23.6 Å². The maximum atomic E-state index is 11.5. The van der Waals surface area contributed by atoms with E-state index in [4.69, 9.17) is 10.5 Å². The van der Waals surface area contributed by atoms with E-state index in [-0.39, 0.29) is 6.42 Å². The Morgan fingerprint density at radius 1 is 1.16 bits per heavy atom. The molecule has 0 aliphatic carbocycles. The van der Waals surface area contributed by atoms with Crippen LogP contribution in [0, 0.1) is 0 Å². The van der Waals surface area contributed by atoms with Gasteiger partial charge in [0.05, 0.1) is 13.2 Å². The van der Waals surface area contributed by atoms with Gasteiger partial charge in [-0.3, -0.25) is 10.1 Å².